The molecule has 0 saturated heterocycles. The highest BCUT2D eigenvalue weighted by Gasteiger charge is 2.21. The fraction of sp³-hybridized carbons (Fsp3) is 0.300. The summed E-state index contributed by atoms with van der Waals surface area (Å²) in [7, 11) is 0. The summed E-state index contributed by atoms with van der Waals surface area (Å²) >= 11 is 0. The number of nitrogens with zero attached hydrogens (tertiary/aromatic N) is 2. The van der Waals surface area contributed by atoms with E-state index in [1.165, 1.54) is 11.1 Å². The van der Waals surface area contributed by atoms with Gasteiger partial charge in [0.25, 0.3) is 0 Å². The van der Waals surface area contributed by atoms with Crippen LogP contribution in [0.2, 0.25) is 0 Å². The SMILES string of the molecule is CCN(CC)CC(=O)Nc1c(C)cccc1C.Cc1cccc(C)c1OCC(C)N.NC(=O)N1c2ccccc2C=Cc2ccccc21. The summed E-state index contributed by atoms with van der Waals surface area (Å²) in [6.45, 7) is 17.0. The van der Waals surface area contributed by atoms with Crippen molar-refractivity contribution in [1.82, 2.24) is 4.90 Å². The Hall–Kier alpha value is -4.92. The summed E-state index contributed by atoms with van der Waals surface area (Å²) in [5.74, 6) is 1.03. The van der Waals surface area contributed by atoms with Crippen molar-refractivity contribution >= 4 is 41.2 Å². The van der Waals surface area contributed by atoms with Crippen LogP contribution < -0.4 is 26.4 Å². The van der Waals surface area contributed by atoms with E-state index in [9.17, 15) is 9.59 Å². The topological polar surface area (TPSA) is 114 Å². The highest BCUT2D eigenvalue weighted by molar-refractivity contribution is 6.04. The molecule has 0 aliphatic carbocycles. The van der Waals surface area contributed by atoms with E-state index in [4.69, 9.17) is 16.2 Å². The molecule has 0 aromatic heterocycles. The second kappa shape index (κ2) is 18.4. The number of fused-ring (bicyclic) bond motifs is 2. The van der Waals surface area contributed by atoms with Gasteiger partial charge in [-0.05, 0) is 93.2 Å². The lowest BCUT2D eigenvalue weighted by Gasteiger charge is -2.22. The monoisotopic (exact) mass is 649 g/mol. The molecule has 1 aliphatic rings. The first-order chi connectivity index (χ1) is 23.0. The minimum atomic E-state index is -0.474. The largest absolute Gasteiger partial charge is 0.491 e. The van der Waals surface area contributed by atoms with E-state index in [0.717, 1.165) is 58.2 Å². The Balaban J connectivity index is 0.000000198. The lowest BCUT2D eigenvalue weighted by atomic mass is 10.1. The molecule has 1 unspecified atom stereocenters. The van der Waals surface area contributed by atoms with Crippen molar-refractivity contribution in [3.8, 4) is 5.75 Å². The molecule has 8 nitrogen and oxygen atoms in total. The lowest BCUT2D eigenvalue weighted by molar-refractivity contribution is -0.117. The Morgan fingerprint density at radius 3 is 1.65 bits per heavy atom. The van der Waals surface area contributed by atoms with Crippen LogP contribution >= 0.6 is 0 Å². The van der Waals surface area contributed by atoms with Crippen LogP contribution in [0.5, 0.6) is 5.75 Å². The molecule has 0 saturated carbocycles. The van der Waals surface area contributed by atoms with Gasteiger partial charge in [-0.2, -0.15) is 0 Å². The maximum Gasteiger partial charge on any atom is 0.323 e. The van der Waals surface area contributed by atoms with Crippen LogP contribution in [-0.2, 0) is 4.79 Å². The van der Waals surface area contributed by atoms with Crippen molar-refractivity contribution < 1.29 is 14.3 Å². The van der Waals surface area contributed by atoms with Crippen molar-refractivity contribution in [2.45, 2.75) is 54.5 Å². The second-order valence-electron chi connectivity index (χ2n) is 11.9. The van der Waals surface area contributed by atoms with Gasteiger partial charge in [-0.15, -0.1) is 0 Å². The summed E-state index contributed by atoms with van der Waals surface area (Å²) in [5, 5.41) is 3.00. The first-order valence-electron chi connectivity index (χ1n) is 16.4. The fourth-order valence-corrected chi connectivity index (χ4v) is 5.29. The zero-order valence-electron chi connectivity index (χ0n) is 29.4. The molecule has 0 radical (unpaired) electrons. The third-order valence-electron chi connectivity index (χ3n) is 7.92. The minimum absolute atomic E-state index is 0.0612. The molecule has 3 amide bonds. The van der Waals surface area contributed by atoms with Gasteiger partial charge in [0, 0.05) is 11.7 Å². The van der Waals surface area contributed by atoms with E-state index in [1.54, 1.807) is 4.90 Å². The molecule has 4 aromatic rings. The molecule has 0 bridgehead atoms. The molecule has 0 spiro atoms. The van der Waals surface area contributed by atoms with Gasteiger partial charge in [0.1, 0.15) is 12.4 Å². The van der Waals surface area contributed by atoms with Gasteiger partial charge in [-0.25, -0.2) is 4.79 Å². The van der Waals surface area contributed by atoms with Crippen molar-refractivity contribution in [2.24, 2.45) is 11.5 Å². The minimum Gasteiger partial charge on any atom is -0.491 e. The van der Waals surface area contributed by atoms with Crippen LogP contribution in [0.1, 0.15) is 54.2 Å². The number of carbonyl (C=O) groups is 2. The fourth-order valence-electron chi connectivity index (χ4n) is 5.29. The number of likely N-dealkylation sites (N-methyl/N-ethyl adjacent to an activating group) is 1. The van der Waals surface area contributed by atoms with Crippen LogP contribution in [0, 0.1) is 27.7 Å². The van der Waals surface area contributed by atoms with Gasteiger partial charge in [-0.3, -0.25) is 14.6 Å². The van der Waals surface area contributed by atoms with Crippen LogP contribution in [0.15, 0.2) is 84.9 Å². The van der Waals surface area contributed by atoms with Gasteiger partial charge < -0.3 is 21.5 Å². The maximum atomic E-state index is 11.9. The van der Waals surface area contributed by atoms with Gasteiger partial charge in [-0.1, -0.05) is 98.8 Å². The number of aryl methyl sites for hydroxylation is 4. The Labute approximate surface area is 286 Å². The number of nitrogens with one attached hydrogen (secondary N) is 1. The average molecular weight is 650 g/mol. The van der Waals surface area contributed by atoms with E-state index < -0.39 is 6.03 Å². The van der Waals surface area contributed by atoms with Crippen LogP contribution in [-0.4, -0.2) is 49.1 Å². The molecule has 1 heterocycles. The number of urea groups is 1. The van der Waals surface area contributed by atoms with Gasteiger partial charge in [0.2, 0.25) is 5.91 Å². The van der Waals surface area contributed by atoms with Gasteiger partial charge >= 0.3 is 6.03 Å². The number of anilines is 3. The predicted octanol–water partition coefficient (Wildman–Crippen LogP) is 8.00. The van der Waals surface area contributed by atoms with Crippen molar-refractivity contribution in [2.75, 3.05) is 36.5 Å². The number of hydrogen-bond acceptors (Lipinski definition) is 5. The van der Waals surface area contributed by atoms with E-state index in [1.807, 2.05) is 132 Å². The molecule has 5 rings (SSSR count). The Bertz CT molecular complexity index is 1600. The first kappa shape index (κ1) is 37.5. The summed E-state index contributed by atoms with van der Waals surface area (Å²) in [4.78, 5) is 27.3. The smallest absolute Gasteiger partial charge is 0.323 e. The van der Waals surface area contributed by atoms with Crippen molar-refractivity contribution in [1.29, 1.82) is 0 Å². The molecule has 1 atom stereocenters. The van der Waals surface area contributed by atoms with Crippen LogP contribution in [0.4, 0.5) is 21.9 Å². The number of primary amides is 1. The maximum absolute atomic E-state index is 11.9. The number of ether oxygens (including phenoxy) is 1. The van der Waals surface area contributed by atoms with E-state index in [2.05, 4.69) is 24.1 Å². The van der Waals surface area contributed by atoms with Gasteiger partial charge in [0.05, 0.1) is 17.9 Å². The van der Waals surface area contributed by atoms with Gasteiger partial charge in [0.15, 0.2) is 0 Å². The molecule has 48 heavy (non-hydrogen) atoms. The highest BCUT2D eigenvalue weighted by atomic mass is 16.5. The number of nitrogens with two attached hydrogens (primary N) is 2. The summed E-state index contributed by atoms with van der Waals surface area (Å²) in [5.41, 5.74) is 20.2. The van der Waals surface area contributed by atoms with E-state index in [-0.39, 0.29) is 11.9 Å². The second-order valence-corrected chi connectivity index (χ2v) is 11.9. The Kier molecular flexibility index (Phi) is 14.4. The number of rotatable bonds is 8. The van der Waals surface area contributed by atoms with Crippen molar-refractivity contribution in [3.05, 3.63) is 118 Å². The Morgan fingerprint density at radius 2 is 1.21 bits per heavy atom. The predicted molar refractivity (Wildman–Crippen MR) is 201 cm³/mol. The van der Waals surface area contributed by atoms with Crippen molar-refractivity contribution in [3.63, 3.8) is 0 Å². The molecular formula is C40H51N5O3. The third kappa shape index (κ3) is 10.6. The highest BCUT2D eigenvalue weighted by Crippen LogP contribution is 2.35. The Morgan fingerprint density at radius 1 is 0.750 bits per heavy atom. The quantitative estimate of drug-likeness (QED) is 0.179. The molecule has 4 aromatic carbocycles. The number of benzene rings is 4. The normalized spacial score (nSPS) is 11.9. The number of carbonyl (C=O) groups excluding carboxylic acids is 2. The average Bonchev–Trinajstić information content (AvgIpc) is 3.23. The zero-order chi connectivity index (χ0) is 35.2. The number of amides is 3. The molecule has 0 fully saturated rings. The number of para-hydroxylation sites is 4. The number of hydrogen-bond donors (Lipinski definition) is 3. The standard InChI is InChI=1S/C15H12N2O.C14H22N2O.C11H17NO/c16-15(18)17-13-7-3-1-5-11(13)9-10-12-6-2-4-8-14(12)17;1-5-16(6-2)10-13(17)15-14-11(3)8-7-9-12(14)4;1-8-5-4-6-9(2)11(8)13-7-10(3)12/h1-10H,(H2,16,18);7-9H,5-6,10H2,1-4H3,(H,15,17);4-6,10H,7,12H2,1-3H3. The van der Waals surface area contributed by atoms with E-state index >= 15 is 0 Å². The third-order valence-corrected chi connectivity index (χ3v) is 7.92. The van der Waals surface area contributed by atoms with Crippen LogP contribution in [0.25, 0.3) is 12.2 Å². The molecule has 1 aliphatic heterocycles. The molecule has 5 N–H and O–H groups in total. The summed E-state index contributed by atoms with van der Waals surface area (Å²) in [6.07, 6.45) is 3.99. The molecule has 8 heteroatoms. The first-order valence-corrected chi connectivity index (χ1v) is 16.4. The molecule has 254 valence electrons. The summed E-state index contributed by atoms with van der Waals surface area (Å²) < 4.78 is 5.60. The zero-order valence-corrected chi connectivity index (χ0v) is 29.4. The van der Waals surface area contributed by atoms with E-state index in [0.29, 0.717) is 13.2 Å². The summed E-state index contributed by atoms with van der Waals surface area (Å²) in [6, 6.07) is 27.2. The van der Waals surface area contributed by atoms with Crippen LogP contribution in [0.3, 0.4) is 0 Å². The lowest BCUT2D eigenvalue weighted by Crippen LogP contribution is -2.33. The molecular weight excluding hydrogens is 598 g/mol.